The van der Waals surface area contributed by atoms with Gasteiger partial charge in [-0.2, -0.15) is 0 Å². The van der Waals surface area contributed by atoms with E-state index < -0.39 is 129 Å². The lowest BCUT2D eigenvalue weighted by molar-refractivity contribution is -0.166. The number of carbonyl (C=O) groups excluding carboxylic acids is 6. The van der Waals surface area contributed by atoms with Gasteiger partial charge in [0, 0.05) is 51.3 Å². The van der Waals surface area contributed by atoms with E-state index in [4.69, 9.17) is 9.26 Å². The van der Waals surface area contributed by atoms with Gasteiger partial charge in [0.05, 0.1) is 29.5 Å². The maximum Gasteiger partial charge on any atom is 0.469 e. The lowest BCUT2D eigenvalue weighted by Crippen LogP contribution is -2.64. The number of anilines is 1. The Labute approximate surface area is 377 Å². The first-order valence-electron chi connectivity index (χ1n) is 21.7. The number of aliphatic hydroxyl groups is 1. The van der Waals surface area contributed by atoms with Crippen LogP contribution in [0.1, 0.15) is 58.4 Å². The molecule has 4 aliphatic heterocycles. The number of carbonyl (C=O) groups is 6. The van der Waals surface area contributed by atoms with Crippen LogP contribution in [-0.2, 0) is 51.3 Å². The van der Waals surface area contributed by atoms with Crippen molar-refractivity contribution in [1.82, 2.24) is 40.2 Å². The normalized spacial score (nSPS) is 28.5. The molecule has 6 amide bonds. The summed E-state index contributed by atoms with van der Waals surface area (Å²) in [7, 11) is -3.44. The number of aromatic nitrogens is 2. The van der Waals surface area contributed by atoms with Crippen molar-refractivity contribution < 1.29 is 66.3 Å². The third kappa shape index (κ3) is 11.0. The highest BCUT2D eigenvalue weighted by molar-refractivity contribution is 7.46. The number of cyclic esters (lactones) is 1. The summed E-state index contributed by atoms with van der Waals surface area (Å²) in [5.41, 5.74) is 1.53. The summed E-state index contributed by atoms with van der Waals surface area (Å²) in [5.74, 6) is -6.08. The number of ether oxygens (including phenoxy) is 1. The van der Waals surface area contributed by atoms with Gasteiger partial charge in [-0.25, -0.2) is 27.9 Å². The molecule has 358 valence electrons. The topological polar surface area (TPSA) is 274 Å². The summed E-state index contributed by atoms with van der Waals surface area (Å²) in [6.45, 7) is 4.30. The minimum atomic E-state index is -5.19. The fourth-order valence-electron chi connectivity index (χ4n) is 9.36. The number of nitrogens with one attached hydrogen (secondary N) is 4. The molecule has 24 heteroatoms. The Bertz CT molecular complexity index is 2400. The molecule has 5 heterocycles. The highest BCUT2D eigenvalue weighted by atomic mass is 31.2. The molecular formula is C42H54F2N9O12P. The Balaban J connectivity index is 1.25. The molecule has 21 nitrogen and oxygen atoms in total. The average Bonchev–Trinajstić information content (AvgIpc) is 3.96. The van der Waals surface area contributed by atoms with E-state index in [2.05, 4.69) is 26.3 Å². The van der Waals surface area contributed by atoms with Crippen LogP contribution in [0.15, 0.2) is 42.7 Å². The number of hydrogen-bond acceptors (Lipinski definition) is 12. The molecule has 3 aromatic rings. The van der Waals surface area contributed by atoms with Gasteiger partial charge in [-0.15, -0.1) is 0 Å². The van der Waals surface area contributed by atoms with Crippen LogP contribution in [0.5, 0.6) is 0 Å². The molecule has 0 spiro atoms. The van der Waals surface area contributed by atoms with Crippen molar-refractivity contribution in [2.75, 3.05) is 25.0 Å². The molecule has 0 radical (unpaired) electrons. The number of benzene rings is 2. The molecule has 7 N–H and O–H groups in total. The van der Waals surface area contributed by atoms with E-state index in [1.165, 1.54) is 23.6 Å². The van der Waals surface area contributed by atoms with Crippen molar-refractivity contribution in [1.29, 1.82) is 0 Å². The third-order valence-electron chi connectivity index (χ3n) is 12.5. The minimum Gasteiger partial charge on any atom is -0.459 e. The molecule has 10 atom stereocenters. The van der Waals surface area contributed by atoms with Crippen LogP contribution in [0.25, 0.3) is 11.0 Å². The number of esters is 1. The van der Waals surface area contributed by atoms with Crippen LogP contribution < -0.4 is 21.3 Å². The maximum atomic E-state index is 14.6. The van der Waals surface area contributed by atoms with Crippen molar-refractivity contribution in [2.45, 2.75) is 114 Å². The van der Waals surface area contributed by atoms with Crippen LogP contribution >= 0.6 is 7.82 Å². The molecule has 4 saturated heterocycles. The predicted octanol–water partition coefficient (Wildman–Crippen LogP) is 1.01. The summed E-state index contributed by atoms with van der Waals surface area (Å²) in [5, 5.41) is 22.9. The quantitative estimate of drug-likeness (QED) is 0.123. The lowest BCUT2D eigenvalue weighted by Gasteiger charge is -2.41. The molecule has 4 aliphatic rings. The first kappa shape index (κ1) is 48.4. The number of aliphatic hydroxyl groups excluding tert-OH is 1. The van der Waals surface area contributed by atoms with Crippen molar-refractivity contribution in [2.24, 2.45) is 13.0 Å². The number of piperidine rings is 1. The summed E-state index contributed by atoms with van der Waals surface area (Å²) >= 11 is 0. The van der Waals surface area contributed by atoms with Gasteiger partial charge in [0.2, 0.25) is 23.6 Å². The van der Waals surface area contributed by atoms with Crippen LogP contribution in [0, 0.1) is 17.6 Å². The van der Waals surface area contributed by atoms with Gasteiger partial charge >= 0.3 is 19.8 Å². The number of aryl methyl sites for hydroxylation is 1. The van der Waals surface area contributed by atoms with Crippen LogP contribution in [0.4, 0.5) is 19.3 Å². The number of urea groups is 1. The van der Waals surface area contributed by atoms with E-state index in [1.807, 2.05) is 6.92 Å². The molecular weight excluding hydrogens is 891 g/mol. The average molecular weight is 946 g/mol. The van der Waals surface area contributed by atoms with Crippen molar-refractivity contribution >= 4 is 60.2 Å². The molecule has 1 unspecified atom stereocenters. The molecule has 0 aliphatic carbocycles. The number of fused-ring (bicyclic) bond motifs is 4. The van der Waals surface area contributed by atoms with E-state index in [0.29, 0.717) is 35.6 Å². The summed E-state index contributed by atoms with van der Waals surface area (Å²) in [4.78, 5) is 112. The maximum absolute atomic E-state index is 14.6. The van der Waals surface area contributed by atoms with E-state index in [0.717, 1.165) is 17.0 Å². The number of imidazole rings is 1. The second-order valence-corrected chi connectivity index (χ2v) is 18.8. The summed E-state index contributed by atoms with van der Waals surface area (Å²) < 4.78 is 53.8. The number of phosphoric acid groups is 1. The highest BCUT2D eigenvalue weighted by Gasteiger charge is 2.50. The second-order valence-electron chi connectivity index (χ2n) is 17.6. The van der Waals surface area contributed by atoms with Gasteiger partial charge in [-0.05, 0) is 81.3 Å². The van der Waals surface area contributed by atoms with Gasteiger partial charge in [0.15, 0.2) is 0 Å². The fraction of sp³-hybridized carbons (Fsp3) is 0.548. The number of halogens is 2. The van der Waals surface area contributed by atoms with Gasteiger partial charge in [-0.1, -0.05) is 6.92 Å². The Morgan fingerprint density at radius 2 is 1.70 bits per heavy atom. The molecule has 1 aromatic heterocycles. The Hall–Kier alpha value is -5.58. The number of rotatable bonds is 8. The van der Waals surface area contributed by atoms with Crippen molar-refractivity contribution in [3.05, 3.63) is 59.9 Å². The van der Waals surface area contributed by atoms with Crippen LogP contribution in [0.2, 0.25) is 0 Å². The number of amides is 6. The zero-order valence-electron chi connectivity index (χ0n) is 36.6. The Morgan fingerprint density at radius 3 is 2.41 bits per heavy atom. The SMILES string of the molecule is C[C@@H]1C[C@H]2C(=O)O[C@@H](C)[C@H](NC(=O)[C@H](Cc3cc(F)cc(F)c3)NC(=O)Nc3ccc4ncn(C)c4c3)C(O)N3C[C@H](OP(=O)(O)O)C[C@H]3C(=O)N3CCCC[C@H]3C(=O)N[C@@H](C)C(=O)N2C1. The monoisotopic (exact) mass is 945 g/mol. The standard InChI is InChI=1S/C42H54F2N9O12P/c1-21-11-34-41(59)64-23(3)35(49-36(54)30(14-24-12-25(43)15-26(44)13-24)48-42(60)47-27-8-9-29-32(16-27)50(4)20-45-29)40(58)53-19-28(65-66(61,62)63)17-33(53)39(57)51-10-6-5-7-31(51)37(55)46-22(2)38(56)52(34)18-21/h8-9,12-13,15-16,20-23,28,30-31,33-35,40,58H,5-7,10-11,14,17-19H2,1-4H3,(H,46,55)(H,49,54)(H2,47,48,60)(H2,61,62,63)/t21-,22+,23+,28-,30+,31+,33+,34+,35+,40?/m1/s1. The first-order valence-corrected chi connectivity index (χ1v) is 23.2. The van der Waals surface area contributed by atoms with Gasteiger partial charge in [0.1, 0.15) is 54.2 Å². The Kier molecular flexibility index (Phi) is 14.4. The van der Waals surface area contributed by atoms with Gasteiger partial charge in [0.25, 0.3) is 0 Å². The van der Waals surface area contributed by atoms with E-state index >= 15 is 0 Å². The zero-order valence-corrected chi connectivity index (χ0v) is 37.5. The predicted molar refractivity (Wildman–Crippen MR) is 228 cm³/mol. The van der Waals surface area contributed by atoms with E-state index in [9.17, 15) is 57.0 Å². The van der Waals surface area contributed by atoms with Crippen LogP contribution in [-0.4, -0.2) is 149 Å². The first-order chi connectivity index (χ1) is 31.1. The molecule has 2 aromatic carbocycles. The van der Waals surface area contributed by atoms with Gasteiger partial charge in [-0.3, -0.25) is 28.6 Å². The molecule has 4 fully saturated rings. The largest absolute Gasteiger partial charge is 0.469 e. The molecule has 0 bridgehead atoms. The zero-order chi connectivity index (χ0) is 47.8. The van der Waals surface area contributed by atoms with Crippen LogP contribution in [0.3, 0.4) is 0 Å². The fourth-order valence-corrected chi connectivity index (χ4v) is 9.90. The third-order valence-corrected chi connectivity index (χ3v) is 13.1. The molecule has 66 heavy (non-hydrogen) atoms. The van der Waals surface area contributed by atoms with Gasteiger partial charge < -0.3 is 55.3 Å². The molecule has 7 rings (SSSR count). The van der Waals surface area contributed by atoms with E-state index in [1.54, 1.807) is 36.1 Å². The number of nitrogens with zero attached hydrogens (tertiary/aromatic N) is 5. The van der Waals surface area contributed by atoms with Crippen molar-refractivity contribution in [3.63, 3.8) is 0 Å². The smallest absolute Gasteiger partial charge is 0.459 e. The Morgan fingerprint density at radius 1 is 0.970 bits per heavy atom. The minimum absolute atomic E-state index is 0.0561. The number of hydrogen-bond donors (Lipinski definition) is 7. The summed E-state index contributed by atoms with van der Waals surface area (Å²) in [6, 6.07) is -1.73. The molecule has 0 saturated carbocycles. The lowest BCUT2D eigenvalue weighted by atomic mass is 9.98. The van der Waals surface area contributed by atoms with Crippen molar-refractivity contribution in [3.8, 4) is 0 Å². The second kappa shape index (κ2) is 19.7. The highest BCUT2D eigenvalue weighted by Crippen LogP contribution is 2.41. The number of phosphoric ester groups is 1. The summed E-state index contributed by atoms with van der Waals surface area (Å²) in [6.07, 6.45) is -2.83. The van der Waals surface area contributed by atoms with E-state index in [-0.39, 0.29) is 37.4 Å².